The molecule has 3 heteroatoms. The maximum Gasteiger partial charge on any atom is 0.0717 e. The minimum Gasteiger partial charge on any atom is -0.374 e. The van der Waals surface area contributed by atoms with Gasteiger partial charge in [0.05, 0.1) is 12.2 Å². The summed E-state index contributed by atoms with van der Waals surface area (Å²) in [5.74, 6) is 0. The van der Waals surface area contributed by atoms with Gasteiger partial charge in [0.1, 0.15) is 0 Å². The molecule has 0 aromatic rings. The summed E-state index contributed by atoms with van der Waals surface area (Å²) in [7, 11) is 0. The fourth-order valence-electron chi connectivity index (χ4n) is 2.40. The van der Waals surface area contributed by atoms with Crippen LogP contribution in [0.15, 0.2) is 0 Å². The van der Waals surface area contributed by atoms with Crippen LogP contribution in [-0.2, 0) is 4.74 Å². The smallest absolute Gasteiger partial charge is 0.0717 e. The van der Waals surface area contributed by atoms with Gasteiger partial charge in [-0.2, -0.15) is 0 Å². The number of nitrogens with one attached hydrogen (secondary N) is 1. The van der Waals surface area contributed by atoms with E-state index >= 15 is 0 Å². The maximum atomic E-state index is 6.10. The molecular formula is C11H22N2O. The van der Waals surface area contributed by atoms with Crippen molar-refractivity contribution < 1.29 is 4.74 Å². The van der Waals surface area contributed by atoms with Crippen molar-refractivity contribution in [2.24, 2.45) is 0 Å². The standard InChI is InChI=1S/C11H22N2O/c1-2-13-8-5-11(9-13)14-10-3-6-12-7-4-10/h10-12H,2-9H2,1H3/t11-/m1/s1. The van der Waals surface area contributed by atoms with Crippen LogP contribution < -0.4 is 5.32 Å². The van der Waals surface area contributed by atoms with Crippen molar-refractivity contribution in [3.05, 3.63) is 0 Å². The van der Waals surface area contributed by atoms with E-state index in [-0.39, 0.29) is 0 Å². The fourth-order valence-corrected chi connectivity index (χ4v) is 2.40. The number of likely N-dealkylation sites (N-methyl/N-ethyl adjacent to an activating group) is 1. The summed E-state index contributed by atoms with van der Waals surface area (Å²) in [6.07, 6.45) is 4.67. The van der Waals surface area contributed by atoms with Gasteiger partial charge in [-0.05, 0) is 38.9 Å². The van der Waals surface area contributed by atoms with Gasteiger partial charge in [0.25, 0.3) is 0 Å². The van der Waals surface area contributed by atoms with E-state index < -0.39 is 0 Å². The first-order valence-corrected chi connectivity index (χ1v) is 5.97. The van der Waals surface area contributed by atoms with Crippen LogP contribution >= 0.6 is 0 Å². The molecule has 3 nitrogen and oxygen atoms in total. The summed E-state index contributed by atoms with van der Waals surface area (Å²) in [5.41, 5.74) is 0. The largest absolute Gasteiger partial charge is 0.374 e. The first-order valence-electron chi connectivity index (χ1n) is 5.97. The lowest BCUT2D eigenvalue weighted by Gasteiger charge is -2.26. The lowest BCUT2D eigenvalue weighted by Crippen LogP contribution is -2.35. The Hall–Kier alpha value is -0.120. The average Bonchev–Trinajstić information content (AvgIpc) is 2.67. The number of nitrogens with zero attached hydrogens (tertiary/aromatic N) is 1. The number of piperidine rings is 1. The third-order valence-corrected chi connectivity index (χ3v) is 3.35. The maximum absolute atomic E-state index is 6.10. The average molecular weight is 198 g/mol. The SMILES string of the molecule is CCN1CC[C@@H](OC2CCNCC2)C1. The summed E-state index contributed by atoms with van der Waals surface area (Å²) in [5, 5.41) is 3.37. The molecular weight excluding hydrogens is 176 g/mol. The number of ether oxygens (including phenoxy) is 1. The van der Waals surface area contributed by atoms with Crippen LogP contribution in [0.1, 0.15) is 26.2 Å². The van der Waals surface area contributed by atoms with E-state index in [1.807, 2.05) is 0 Å². The number of hydrogen-bond donors (Lipinski definition) is 1. The molecule has 82 valence electrons. The van der Waals surface area contributed by atoms with E-state index in [2.05, 4.69) is 17.1 Å². The minimum absolute atomic E-state index is 0.512. The van der Waals surface area contributed by atoms with Gasteiger partial charge in [0.2, 0.25) is 0 Å². The lowest BCUT2D eigenvalue weighted by molar-refractivity contribution is -0.0204. The molecule has 2 saturated heterocycles. The quantitative estimate of drug-likeness (QED) is 0.727. The first kappa shape index (κ1) is 10.4. The van der Waals surface area contributed by atoms with Gasteiger partial charge in [-0.25, -0.2) is 0 Å². The molecule has 0 spiro atoms. The predicted octanol–water partition coefficient (Wildman–Crippen LogP) is 0.849. The molecule has 2 heterocycles. The van der Waals surface area contributed by atoms with Crippen LogP contribution in [0.2, 0.25) is 0 Å². The highest BCUT2D eigenvalue weighted by Crippen LogP contribution is 2.17. The lowest BCUT2D eigenvalue weighted by atomic mass is 10.1. The van der Waals surface area contributed by atoms with E-state index in [1.54, 1.807) is 0 Å². The summed E-state index contributed by atoms with van der Waals surface area (Å²) in [4.78, 5) is 2.48. The first-order chi connectivity index (χ1) is 6.88. The molecule has 2 aliphatic heterocycles. The molecule has 14 heavy (non-hydrogen) atoms. The Morgan fingerprint density at radius 2 is 2.00 bits per heavy atom. The Morgan fingerprint density at radius 3 is 2.64 bits per heavy atom. The van der Waals surface area contributed by atoms with Gasteiger partial charge in [0.15, 0.2) is 0 Å². The van der Waals surface area contributed by atoms with Gasteiger partial charge < -0.3 is 15.0 Å². The molecule has 2 fully saturated rings. The number of likely N-dealkylation sites (tertiary alicyclic amines) is 1. The topological polar surface area (TPSA) is 24.5 Å². The van der Waals surface area contributed by atoms with E-state index in [0.29, 0.717) is 12.2 Å². The molecule has 1 atom stereocenters. The zero-order valence-corrected chi connectivity index (χ0v) is 9.17. The second-order valence-corrected chi connectivity index (χ2v) is 4.39. The van der Waals surface area contributed by atoms with Gasteiger partial charge in [-0.3, -0.25) is 0 Å². The van der Waals surface area contributed by atoms with Gasteiger partial charge in [-0.15, -0.1) is 0 Å². The van der Waals surface area contributed by atoms with Crippen LogP contribution in [0.25, 0.3) is 0 Å². The molecule has 0 bridgehead atoms. The van der Waals surface area contributed by atoms with Crippen molar-refractivity contribution in [2.45, 2.75) is 38.4 Å². The Balaban J connectivity index is 1.69. The highest BCUT2D eigenvalue weighted by molar-refractivity contribution is 4.78. The van der Waals surface area contributed by atoms with Crippen molar-refractivity contribution in [2.75, 3.05) is 32.7 Å². The molecule has 0 aliphatic carbocycles. The van der Waals surface area contributed by atoms with Crippen molar-refractivity contribution in [1.82, 2.24) is 10.2 Å². The molecule has 0 amide bonds. The van der Waals surface area contributed by atoms with E-state index in [1.165, 1.54) is 32.4 Å². The zero-order valence-electron chi connectivity index (χ0n) is 9.17. The highest BCUT2D eigenvalue weighted by Gasteiger charge is 2.25. The second kappa shape index (κ2) is 5.10. The fraction of sp³-hybridized carbons (Fsp3) is 1.00. The van der Waals surface area contributed by atoms with E-state index in [0.717, 1.165) is 19.6 Å². The van der Waals surface area contributed by atoms with Crippen LogP contribution in [-0.4, -0.2) is 49.8 Å². The Kier molecular flexibility index (Phi) is 3.79. The van der Waals surface area contributed by atoms with Crippen molar-refractivity contribution in [1.29, 1.82) is 0 Å². The Labute approximate surface area is 86.8 Å². The minimum atomic E-state index is 0.512. The molecule has 2 aliphatic rings. The number of rotatable bonds is 3. The molecule has 0 aromatic heterocycles. The summed E-state index contributed by atoms with van der Waals surface area (Å²) in [6, 6.07) is 0. The van der Waals surface area contributed by atoms with Gasteiger partial charge in [-0.1, -0.05) is 6.92 Å². The van der Waals surface area contributed by atoms with Crippen LogP contribution in [0.5, 0.6) is 0 Å². The number of hydrogen-bond acceptors (Lipinski definition) is 3. The van der Waals surface area contributed by atoms with Gasteiger partial charge >= 0.3 is 0 Å². The van der Waals surface area contributed by atoms with Crippen LogP contribution in [0, 0.1) is 0 Å². The normalized spacial score (nSPS) is 31.1. The molecule has 2 rings (SSSR count). The summed E-state index contributed by atoms with van der Waals surface area (Å²) in [6.45, 7) is 8.05. The zero-order chi connectivity index (χ0) is 9.80. The highest BCUT2D eigenvalue weighted by atomic mass is 16.5. The third-order valence-electron chi connectivity index (χ3n) is 3.35. The van der Waals surface area contributed by atoms with E-state index in [4.69, 9.17) is 4.74 Å². The molecule has 0 saturated carbocycles. The Bertz CT molecular complexity index is 169. The van der Waals surface area contributed by atoms with Crippen LogP contribution in [0.4, 0.5) is 0 Å². The van der Waals surface area contributed by atoms with Gasteiger partial charge in [0, 0.05) is 13.1 Å². The molecule has 0 unspecified atom stereocenters. The summed E-state index contributed by atoms with van der Waals surface area (Å²) < 4.78 is 6.10. The van der Waals surface area contributed by atoms with Crippen LogP contribution in [0.3, 0.4) is 0 Å². The monoisotopic (exact) mass is 198 g/mol. The predicted molar refractivity (Wildman–Crippen MR) is 57.5 cm³/mol. The third kappa shape index (κ3) is 2.69. The van der Waals surface area contributed by atoms with E-state index in [9.17, 15) is 0 Å². The van der Waals surface area contributed by atoms with Crippen molar-refractivity contribution in [3.63, 3.8) is 0 Å². The summed E-state index contributed by atoms with van der Waals surface area (Å²) >= 11 is 0. The van der Waals surface area contributed by atoms with Crippen molar-refractivity contribution >= 4 is 0 Å². The van der Waals surface area contributed by atoms with Crippen molar-refractivity contribution in [3.8, 4) is 0 Å². The molecule has 0 aromatic carbocycles. The second-order valence-electron chi connectivity index (χ2n) is 4.39. The molecule has 0 radical (unpaired) electrons. The molecule has 1 N–H and O–H groups in total. The Morgan fingerprint density at radius 1 is 1.21 bits per heavy atom.